The van der Waals surface area contributed by atoms with Gasteiger partial charge >= 0.3 is 0 Å². The highest BCUT2D eigenvalue weighted by atomic mass is 79.9. The van der Waals surface area contributed by atoms with E-state index in [1.54, 1.807) is 0 Å². The van der Waals surface area contributed by atoms with E-state index < -0.39 is 0 Å². The third-order valence-electron chi connectivity index (χ3n) is 3.33. The van der Waals surface area contributed by atoms with Crippen molar-refractivity contribution in [2.45, 2.75) is 6.42 Å². The number of imide groups is 1. The Morgan fingerprint density at radius 1 is 0.952 bits per heavy atom. The number of hydrogen-bond acceptors (Lipinski definition) is 2. The zero-order valence-electron chi connectivity index (χ0n) is 11.1. The van der Waals surface area contributed by atoms with E-state index in [1.165, 1.54) is 6.08 Å². The average molecular weight is 342 g/mol. The van der Waals surface area contributed by atoms with Crippen LogP contribution in [0.4, 0.5) is 0 Å². The standard InChI is InChI=1S/C17H12BrNO2/c18-15-6-4-12(5-7-15)13-3-1-2-11(8-13)9-14-10-16(20)19-17(14)21/h1-8,10H,9H2,(H,19,20,21). The van der Waals surface area contributed by atoms with E-state index in [1.807, 2.05) is 48.5 Å². The lowest BCUT2D eigenvalue weighted by Crippen LogP contribution is -2.22. The van der Waals surface area contributed by atoms with Gasteiger partial charge in [0.05, 0.1) is 0 Å². The summed E-state index contributed by atoms with van der Waals surface area (Å²) in [6.45, 7) is 0. The molecule has 1 aliphatic heterocycles. The molecular weight excluding hydrogens is 330 g/mol. The lowest BCUT2D eigenvalue weighted by molar-refractivity contribution is -0.123. The lowest BCUT2D eigenvalue weighted by atomic mass is 9.99. The second-order valence-electron chi connectivity index (χ2n) is 4.87. The zero-order valence-corrected chi connectivity index (χ0v) is 12.7. The Morgan fingerprint density at radius 3 is 2.38 bits per heavy atom. The maximum Gasteiger partial charge on any atom is 0.254 e. The topological polar surface area (TPSA) is 46.2 Å². The predicted molar refractivity (Wildman–Crippen MR) is 84.5 cm³/mol. The Hall–Kier alpha value is -2.20. The van der Waals surface area contributed by atoms with Gasteiger partial charge in [0.15, 0.2) is 0 Å². The molecule has 1 N–H and O–H groups in total. The molecule has 2 aromatic carbocycles. The summed E-state index contributed by atoms with van der Waals surface area (Å²) >= 11 is 3.42. The van der Waals surface area contributed by atoms with Crippen LogP contribution in [-0.2, 0) is 16.0 Å². The third-order valence-corrected chi connectivity index (χ3v) is 3.86. The van der Waals surface area contributed by atoms with Gasteiger partial charge in [-0.2, -0.15) is 0 Å². The molecule has 0 atom stereocenters. The largest absolute Gasteiger partial charge is 0.289 e. The summed E-state index contributed by atoms with van der Waals surface area (Å²) in [7, 11) is 0. The van der Waals surface area contributed by atoms with E-state index in [0.29, 0.717) is 12.0 Å². The van der Waals surface area contributed by atoms with Crippen molar-refractivity contribution in [1.29, 1.82) is 0 Å². The van der Waals surface area contributed by atoms with Gasteiger partial charge in [0.25, 0.3) is 11.8 Å². The maximum absolute atomic E-state index is 11.6. The lowest BCUT2D eigenvalue weighted by Gasteiger charge is -2.06. The van der Waals surface area contributed by atoms with Crippen LogP contribution in [0.2, 0.25) is 0 Å². The average Bonchev–Trinajstić information content (AvgIpc) is 2.78. The summed E-state index contributed by atoms with van der Waals surface area (Å²) in [5.74, 6) is -0.631. The van der Waals surface area contributed by atoms with Gasteiger partial charge in [0.2, 0.25) is 0 Å². The molecule has 21 heavy (non-hydrogen) atoms. The molecule has 3 nitrogen and oxygen atoms in total. The number of hydrogen-bond donors (Lipinski definition) is 1. The Labute approximate surface area is 130 Å². The predicted octanol–water partition coefficient (Wildman–Crippen LogP) is 3.24. The number of carbonyl (C=O) groups excluding carboxylic acids is 2. The molecule has 0 radical (unpaired) electrons. The first kappa shape index (κ1) is 13.8. The van der Waals surface area contributed by atoms with Crippen LogP contribution in [0.15, 0.2) is 64.7 Å². The number of amides is 2. The van der Waals surface area contributed by atoms with Gasteiger partial charge in [0.1, 0.15) is 0 Å². The summed E-state index contributed by atoms with van der Waals surface area (Å²) in [5, 5.41) is 2.26. The first-order chi connectivity index (χ1) is 10.1. The van der Waals surface area contributed by atoms with Gasteiger partial charge in [0, 0.05) is 22.5 Å². The second-order valence-corrected chi connectivity index (χ2v) is 5.79. The number of nitrogens with one attached hydrogen (secondary N) is 1. The molecule has 2 aromatic rings. The van der Waals surface area contributed by atoms with Gasteiger partial charge in [-0.25, -0.2) is 0 Å². The minimum Gasteiger partial charge on any atom is -0.289 e. The van der Waals surface area contributed by atoms with Gasteiger partial charge < -0.3 is 0 Å². The first-order valence-electron chi connectivity index (χ1n) is 6.52. The monoisotopic (exact) mass is 341 g/mol. The number of benzene rings is 2. The van der Waals surface area contributed by atoms with Crippen molar-refractivity contribution < 1.29 is 9.59 Å². The Kier molecular flexibility index (Phi) is 3.71. The Morgan fingerprint density at radius 2 is 1.71 bits per heavy atom. The molecule has 1 heterocycles. The smallest absolute Gasteiger partial charge is 0.254 e. The van der Waals surface area contributed by atoms with Crippen LogP contribution >= 0.6 is 15.9 Å². The molecule has 2 amide bonds. The summed E-state index contributed by atoms with van der Waals surface area (Å²) < 4.78 is 1.04. The summed E-state index contributed by atoms with van der Waals surface area (Å²) in [6, 6.07) is 16.0. The molecule has 0 unspecified atom stereocenters. The highest BCUT2D eigenvalue weighted by Crippen LogP contribution is 2.23. The summed E-state index contributed by atoms with van der Waals surface area (Å²) in [4.78, 5) is 22.7. The van der Waals surface area contributed by atoms with Crippen LogP contribution in [0.25, 0.3) is 11.1 Å². The number of rotatable bonds is 3. The molecule has 0 aromatic heterocycles. The fourth-order valence-corrected chi connectivity index (χ4v) is 2.57. The fraction of sp³-hybridized carbons (Fsp3) is 0.0588. The van der Waals surface area contributed by atoms with Crippen molar-refractivity contribution in [1.82, 2.24) is 5.32 Å². The molecule has 3 rings (SSSR count). The van der Waals surface area contributed by atoms with E-state index in [-0.39, 0.29) is 11.8 Å². The number of halogens is 1. The van der Waals surface area contributed by atoms with Crippen LogP contribution in [-0.4, -0.2) is 11.8 Å². The van der Waals surface area contributed by atoms with E-state index in [9.17, 15) is 9.59 Å². The number of carbonyl (C=O) groups is 2. The van der Waals surface area contributed by atoms with Crippen molar-refractivity contribution in [2.24, 2.45) is 0 Å². The molecule has 4 heteroatoms. The normalized spacial score (nSPS) is 14.0. The van der Waals surface area contributed by atoms with Crippen molar-refractivity contribution >= 4 is 27.7 Å². The van der Waals surface area contributed by atoms with Crippen molar-refractivity contribution in [3.05, 3.63) is 70.2 Å². The Bertz CT molecular complexity index is 748. The second kappa shape index (κ2) is 5.66. The quantitative estimate of drug-likeness (QED) is 0.871. The SMILES string of the molecule is O=C1C=C(Cc2cccc(-c3ccc(Br)cc3)c2)C(=O)N1. The van der Waals surface area contributed by atoms with Crippen LogP contribution in [0, 0.1) is 0 Å². The minimum absolute atomic E-state index is 0.297. The molecule has 0 aliphatic carbocycles. The van der Waals surface area contributed by atoms with Gasteiger partial charge in [-0.15, -0.1) is 0 Å². The van der Waals surface area contributed by atoms with Crippen molar-refractivity contribution in [2.75, 3.05) is 0 Å². The minimum atomic E-state index is -0.334. The Balaban J connectivity index is 1.87. The fourth-order valence-electron chi connectivity index (χ4n) is 2.31. The molecule has 0 saturated carbocycles. The zero-order chi connectivity index (χ0) is 14.8. The molecule has 104 valence electrons. The van der Waals surface area contributed by atoms with Crippen LogP contribution in [0.1, 0.15) is 5.56 Å². The van der Waals surface area contributed by atoms with Crippen LogP contribution < -0.4 is 5.32 Å². The van der Waals surface area contributed by atoms with E-state index in [4.69, 9.17) is 0 Å². The molecular formula is C17H12BrNO2. The molecule has 0 bridgehead atoms. The van der Waals surface area contributed by atoms with Crippen LogP contribution in [0.3, 0.4) is 0 Å². The maximum atomic E-state index is 11.6. The van der Waals surface area contributed by atoms with E-state index in [2.05, 4.69) is 21.2 Å². The summed E-state index contributed by atoms with van der Waals surface area (Å²) in [5.41, 5.74) is 3.71. The highest BCUT2D eigenvalue weighted by Gasteiger charge is 2.20. The molecule has 1 aliphatic rings. The highest BCUT2D eigenvalue weighted by molar-refractivity contribution is 9.10. The van der Waals surface area contributed by atoms with E-state index >= 15 is 0 Å². The third kappa shape index (κ3) is 3.11. The summed E-state index contributed by atoms with van der Waals surface area (Å²) in [6.07, 6.45) is 1.83. The molecule has 0 fully saturated rings. The first-order valence-corrected chi connectivity index (χ1v) is 7.32. The van der Waals surface area contributed by atoms with Crippen LogP contribution in [0.5, 0.6) is 0 Å². The van der Waals surface area contributed by atoms with Gasteiger partial charge in [-0.05, 0) is 28.8 Å². The van der Waals surface area contributed by atoms with Crippen molar-refractivity contribution in [3.63, 3.8) is 0 Å². The van der Waals surface area contributed by atoms with Gasteiger partial charge in [-0.1, -0.05) is 52.3 Å². The van der Waals surface area contributed by atoms with Crippen molar-refractivity contribution in [3.8, 4) is 11.1 Å². The van der Waals surface area contributed by atoms with E-state index in [0.717, 1.165) is 21.2 Å². The molecule has 0 spiro atoms. The molecule has 0 saturated heterocycles. The van der Waals surface area contributed by atoms with Gasteiger partial charge in [-0.3, -0.25) is 14.9 Å².